The van der Waals surface area contributed by atoms with Crippen molar-refractivity contribution in [2.24, 2.45) is 5.14 Å². The summed E-state index contributed by atoms with van der Waals surface area (Å²) in [5, 5.41) is 13.4. The second-order valence-electron chi connectivity index (χ2n) is 2.64. The van der Waals surface area contributed by atoms with Gasteiger partial charge in [0.2, 0.25) is 0 Å². The van der Waals surface area contributed by atoms with Crippen LogP contribution >= 0.6 is 0 Å². The molecular formula is C7H8N2O4S. The summed E-state index contributed by atoms with van der Waals surface area (Å²) >= 11 is 0. The molecule has 0 heterocycles. The summed E-state index contributed by atoms with van der Waals surface area (Å²) in [4.78, 5) is 9.57. The predicted octanol–water partition coefficient (Wildman–Crippen LogP) is 0.250. The first-order valence-corrected chi connectivity index (χ1v) is 5.24. The van der Waals surface area contributed by atoms with E-state index in [1.54, 1.807) is 6.07 Å². The first kappa shape index (κ1) is 10.6. The Labute approximate surface area is 80.5 Å². The van der Waals surface area contributed by atoms with Crippen molar-refractivity contribution in [3.8, 4) is 0 Å². The zero-order valence-corrected chi connectivity index (χ0v) is 7.85. The fourth-order valence-corrected chi connectivity index (χ4v) is 1.83. The van der Waals surface area contributed by atoms with Crippen molar-refractivity contribution in [3.05, 3.63) is 46.0 Å². The number of nitrogens with two attached hydrogens (primary N) is 1. The molecule has 0 aliphatic carbocycles. The Morgan fingerprint density at radius 2 is 1.79 bits per heavy atom. The number of nitrogens with zero attached hydrogens (tertiary/aromatic N) is 1. The van der Waals surface area contributed by atoms with E-state index in [0.717, 1.165) is 0 Å². The lowest BCUT2D eigenvalue weighted by Crippen LogP contribution is -2.27. The van der Waals surface area contributed by atoms with E-state index < -0.39 is 20.3 Å². The van der Waals surface area contributed by atoms with Gasteiger partial charge in [0.1, 0.15) is 0 Å². The Morgan fingerprint density at radius 1 is 1.29 bits per heavy atom. The molecule has 7 heteroatoms. The molecule has 0 saturated carbocycles. The summed E-state index contributed by atoms with van der Waals surface area (Å²) in [5.74, 6) is 0. The lowest BCUT2D eigenvalue weighted by atomic mass is 10.2. The van der Waals surface area contributed by atoms with Gasteiger partial charge in [-0.15, -0.1) is 0 Å². The smallest absolute Gasteiger partial charge is 0.263 e. The van der Waals surface area contributed by atoms with Gasteiger partial charge in [-0.3, -0.25) is 10.1 Å². The van der Waals surface area contributed by atoms with Gasteiger partial charge in [-0.2, -0.15) is 0 Å². The van der Waals surface area contributed by atoms with Gasteiger partial charge in [0.05, 0.1) is 0 Å². The molecule has 14 heavy (non-hydrogen) atoms. The SMILES string of the molecule is NS(=O)(=O)C(c1ccccc1)[N+](=O)[O-]. The number of hydrogen-bond acceptors (Lipinski definition) is 4. The molecule has 0 amide bonds. The van der Waals surface area contributed by atoms with Crippen molar-refractivity contribution in [2.75, 3.05) is 0 Å². The summed E-state index contributed by atoms with van der Waals surface area (Å²) in [6.45, 7) is 0. The van der Waals surface area contributed by atoms with Crippen LogP contribution in [0.15, 0.2) is 30.3 Å². The molecule has 1 atom stereocenters. The molecule has 1 unspecified atom stereocenters. The fourth-order valence-electron chi connectivity index (χ4n) is 1.05. The van der Waals surface area contributed by atoms with Gasteiger partial charge in [0.15, 0.2) is 0 Å². The first-order valence-electron chi connectivity index (χ1n) is 3.63. The van der Waals surface area contributed by atoms with Crippen LogP contribution in [0.4, 0.5) is 0 Å². The van der Waals surface area contributed by atoms with E-state index in [0.29, 0.717) is 0 Å². The third kappa shape index (κ3) is 2.27. The molecule has 1 rings (SSSR count). The van der Waals surface area contributed by atoms with Crippen LogP contribution in [0.5, 0.6) is 0 Å². The van der Waals surface area contributed by atoms with Gasteiger partial charge in [0, 0.05) is 10.5 Å². The van der Waals surface area contributed by atoms with Crippen molar-refractivity contribution >= 4 is 10.0 Å². The van der Waals surface area contributed by atoms with E-state index in [1.165, 1.54) is 24.3 Å². The maximum absolute atomic E-state index is 10.9. The Kier molecular flexibility index (Phi) is 2.82. The molecule has 0 radical (unpaired) electrons. The molecular weight excluding hydrogens is 208 g/mol. The molecule has 1 aromatic rings. The molecule has 76 valence electrons. The van der Waals surface area contributed by atoms with Crippen molar-refractivity contribution in [1.82, 2.24) is 0 Å². The summed E-state index contributed by atoms with van der Waals surface area (Å²) < 4.78 is 21.8. The highest BCUT2D eigenvalue weighted by atomic mass is 32.2. The fraction of sp³-hybridized carbons (Fsp3) is 0.143. The lowest BCUT2D eigenvalue weighted by molar-refractivity contribution is -0.502. The van der Waals surface area contributed by atoms with E-state index in [1.807, 2.05) is 0 Å². The Bertz CT molecular complexity index is 428. The van der Waals surface area contributed by atoms with E-state index in [4.69, 9.17) is 5.14 Å². The van der Waals surface area contributed by atoms with Crippen LogP contribution in [-0.2, 0) is 10.0 Å². The average molecular weight is 216 g/mol. The number of benzene rings is 1. The maximum Gasteiger partial charge on any atom is 0.348 e. The van der Waals surface area contributed by atoms with Gasteiger partial charge in [-0.25, -0.2) is 13.6 Å². The molecule has 0 aliphatic rings. The predicted molar refractivity (Wildman–Crippen MR) is 49.3 cm³/mol. The van der Waals surface area contributed by atoms with Gasteiger partial charge in [0.25, 0.3) is 10.0 Å². The van der Waals surface area contributed by atoms with E-state index >= 15 is 0 Å². The second-order valence-corrected chi connectivity index (χ2v) is 4.26. The third-order valence-electron chi connectivity index (χ3n) is 1.59. The Hall–Kier alpha value is -1.47. The van der Waals surface area contributed by atoms with Crippen molar-refractivity contribution < 1.29 is 13.3 Å². The molecule has 1 aromatic carbocycles. The molecule has 6 nitrogen and oxygen atoms in total. The van der Waals surface area contributed by atoms with Crippen LogP contribution < -0.4 is 5.14 Å². The van der Waals surface area contributed by atoms with Crippen LogP contribution in [0.3, 0.4) is 0 Å². The van der Waals surface area contributed by atoms with Gasteiger partial charge in [-0.05, 0) is 0 Å². The summed E-state index contributed by atoms with van der Waals surface area (Å²) in [7, 11) is -4.22. The lowest BCUT2D eigenvalue weighted by Gasteiger charge is -2.06. The van der Waals surface area contributed by atoms with Crippen molar-refractivity contribution in [1.29, 1.82) is 0 Å². The molecule has 0 aromatic heterocycles. The second kappa shape index (κ2) is 3.72. The van der Waals surface area contributed by atoms with Crippen LogP contribution in [0.1, 0.15) is 10.9 Å². The Morgan fingerprint density at radius 3 is 2.14 bits per heavy atom. The highest BCUT2D eigenvalue weighted by Gasteiger charge is 2.34. The van der Waals surface area contributed by atoms with Crippen LogP contribution in [0.25, 0.3) is 0 Å². The summed E-state index contributed by atoms with van der Waals surface area (Å²) in [6, 6.07) is 7.34. The molecule has 0 saturated heterocycles. The normalized spacial score (nSPS) is 13.5. The first-order chi connectivity index (χ1) is 6.43. The molecule has 0 aliphatic heterocycles. The summed E-state index contributed by atoms with van der Waals surface area (Å²) in [5.41, 5.74) is 0.0556. The molecule has 0 spiro atoms. The zero-order chi connectivity index (χ0) is 10.8. The summed E-state index contributed by atoms with van der Waals surface area (Å²) in [6.07, 6.45) is 0. The minimum Gasteiger partial charge on any atom is -0.263 e. The number of nitro groups is 1. The topological polar surface area (TPSA) is 103 Å². The molecule has 0 bridgehead atoms. The average Bonchev–Trinajstić information content (AvgIpc) is 2.02. The standard InChI is InChI=1S/C7H8N2O4S/c8-14(12,13)7(9(10)11)6-4-2-1-3-5-6/h1-5,7H,(H2,8,12,13). The maximum atomic E-state index is 10.9. The van der Waals surface area contributed by atoms with Crippen LogP contribution in [0.2, 0.25) is 0 Å². The van der Waals surface area contributed by atoms with Gasteiger partial charge in [-0.1, -0.05) is 30.3 Å². The van der Waals surface area contributed by atoms with E-state index in [2.05, 4.69) is 0 Å². The number of rotatable bonds is 3. The van der Waals surface area contributed by atoms with E-state index in [-0.39, 0.29) is 5.56 Å². The zero-order valence-electron chi connectivity index (χ0n) is 7.03. The van der Waals surface area contributed by atoms with Crippen molar-refractivity contribution in [3.63, 3.8) is 0 Å². The van der Waals surface area contributed by atoms with Crippen LogP contribution in [-0.4, -0.2) is 13.3 Å². The molecule has 2 N–H and O–H groups in total. The number of primary sulfonamides is 1. The quantitative estimate of drug-likeness (QED) is 0.577. The Balaban J connectivity index is 3.22. The van der Waals surface area contributed by atoms with Gasteiger partial charge < -0.3 is 0 Å². The third-order valence-corrected chi connectivity index (χ3v) is 2.65. The highest BCUT2D eigenvalue weighted by Crippen LogP contribution is 2.19. The highest BCUT2D eigenvalue weighted by molar-refractivity contribution is 7.89. The van der Waals surface area contributed by atoms with Crippen LogP contribution in [0, 0.1) is 10.1 Å². The largest absolute Gasteiger partial charge is 0.348 e. The van der Waals surface area contributed by atoms with Crippen molar-refractivity contribution in [2.45, 2.75) is 5.37 Å². The number of hydrogen-bond donors (Lipinski definition) is 1. The monoisotopic (exact) mass is 216 g/mol. The van der Waals surface area contributed by atoms with Gasteiger partial charge >= 0.3 is 5.37 Å². The van der Waals surface area contributed by atoms with E-state index in [9.17, 15) is 18.5 Å². The molecule has 0 fully saturated rings. The minimum atomic E-state index is -4.22. The minimum absolute atomic E-state index is 0.0556. The number of sulfonamides is 1.